The fourth-order valence-corrected chi connectivity index (χ4v) is 4.24. The molecule has 0 radical (unpaired) electrons. The SMILES string of the molecule is C[C@]1(c2ccc3c(c2)OCCO3)NC(=O)N(Cc2cc3c(cc2Br)OCCO3)C1=O. The minimum atomic E-state index is -1.20. The molecule has 3 amide bonds. The van der Waals surface area contributed by atoms with E-state index in [-0.39, 0.29) is 12.5 Å². The normalized spacial score (nSPS) is 22.1. The standard InChI is InChI=1S/C21H19BrN2O6/c1-21(13-2-3-15-17(9-13)29-5-4-27-15)19(25)24(20(26)23-21)11-12-8-16-18(10-14(12)22)30-7-6-28-16/h2-3,8-10H,4-7,11H2,1H3,(H,23,26)/t21-/m1/s1. The summed E-state index contributed by atoms with van der Waals surface area (Å²) in [6, 6.07) is 8.40. The molecule has 2 aromatic rings. The number of fused-ring (bicyclic) bond motifs is 2. The number of rotatable bonds is 3. The molecule has 3 heterocycles. The van der Waals surface area contributed by atoms with E-state index >= 15 is 0 Å². The lowest BCUT2D eigenvalue weighted by atomic mass is 9.91. The van der Waals surface area contributed by atoms with Crippen LogP contribution in [0, 0.1) is 0 Å². The number of hydrogen-bond donors (Lipinski definition) is 1. The zero-order valence-electron chi connectivity index (χ0n) is 16.2. The van der Waals surface area contributed by atoms with Gasteiger partial charge >= 0.3 is 6.03 Å². The Morgan fingerprint density at radius 3 is 2.23 bits per heavy atom. The van der Waals surface area contributed by atoms with Gasteiger partial charge in [0, 0.05) is 4.47 Å². The van der Waals surface area contributed by atoms with Crippen LogP contribution >= 0.6 is 15.9 Å². The maximum Gasteiger partial charge on any atom is 0.325 e. The molecule has 1 atom stereocenters. The van der Waals surface area contributed by atoms with Crippen molar-refractivity contribution in [3.05, 3.63) is 45.9 Å². The number of amides is 3. The maximum absolute atomic E-state index is 13.3. The summed E-state index contributed by atoms with van der Waals surface area (Å²) in [5, 5.41) is 2.83. The molecule has 0 aromatic heterocycles. The summed E-state index contributed by atoms with van der Waals surface area (Å²) in [7, 11) is 0. The van der Waals surface area contributed by atoms with Gasteiger partial charge in [-0.25, -0.2) is 4.79 Å². The lowest BCUT2D eigenvalue weighted by molar-refractivity contribution is -0.131. The number of hydrogen-bond acceptors (Lipinski definition) is 6. The molecule has 2 aromatic carbocycles. The number of imide groups is 1. The van der Waals surface area contributed by atoms with Crippen LogP contribution in [0.2, 0.25) is 0 Å². The molecular formula is C21H19BrN2O6. The number of ether oxygens (including phenoxy) is 4. The lowest BCUT2D eigenvalue weighted by Crippen LogP contribution is -2.41. The summed E-state index contributed by atoms with van der Waals surface area (Å²) in [5.41, 5.74) is 0.177. The number of carbonyl (C=O) groups excluding carboxylic acids is 2. The highest BCUT2D eigenvalue weighted by Gasteiger charge is 2.49. The van der Waals surface area contributed by atoms with Crippen molar-refractivity contribution in [2.24, 2.45) is 0 Å². The third kappa shape index (κ3) is 3.04. The third-order valence-electron chi connectivity index (χ3n) is 5.43. The van der Waals surface area contributed by atoms with Gasteiger partial charge in [-0.1, -0.05) is 22.0 Å². The van der Waals surface area contributed by atoms with Crippen molar-refractivity contribution in [2.45, 2.75) is 19.0 Å². The molecule has 30 heavy (non-hydrogen) atoms. The fraction of sp³-hybridized carbons (Fsp3) is 0.333. The maximum atomic E-state index is 13.3. The first-order valence-corrected chi connectivity index (χ1v) is 10.4. The monoisotopic (exact) mass is 474 g/mol. The van der Waals surface area contributed by atoms with Crippen LogP contribution in [-0.4, -0.2) is 43.3 Å². The smallest absolute Gasteiger partial charge is 0.325 e. The van der Waals surface area contributed by atoms with Gasteiger partial charge < -0.3 is 24.3 Å². The Balaban J connectivity index is 1.43. The van der Waals surface area contributed by atoms with Gasteiger partial charge in [0.2, 0.25) is 0 Å². The van der Waals surface area contributed by atoms with Gasteiger partial charge in [-0.2, -0.15) is 0 Å². The summed E-state index contributed by atoms with van der Waals surface area (Å²) in [5.74, 6) is 2.08. The Kier molecular flexibility index (Phi) is 4.50. The fourth-order valence-electron chi connectivity index (χ4n) is 3.79. The molecule has 9 heteroatoms. The number of benzene rings is 2. The van der Waals surface area contributed by atoms with E-state index < -0.39 is 11.6 Å². The summed E-state index contributed by atoms with van der Waals surface area (Å²) in [6.07, 6.45) is 0. The van der Waals surface area contributed by atoms with E-state index in [2.05, 4.69) is 21.2 Å². The molecule has 0 saturated carbocycles. The second kappa shape index (κ2) is 7.09. The molecule has 1 N–H and O–H groups in total. The van der Waals surface area contributed by atoms with Crippen LogP contribution in [0.5, 0.6) is 23.0 Å². The van der Waals surface area contributed by atoms with Crippen LogP contribution in [0.4, 0.5) is 4.79 Å². The molecule has 3 aliphatic heterocycles. The largest absolute Gasteiger partial charge is 0.486 e. The summed E-state index contributed by atoms with van der Waals surface area (Å²) in [4.78, 5) is 27.2. The summed E-state index contributed by atoms with van der Waals surface area (Å²) in [6.45, 7) is 3.66. The topological polar surface area (TPSA) is 86.3 Å². The Bertz CT molecular complexity index is 1060. The van der Waals surface area contributed by atoms with Crippen molar-refractivity contribution in [3.63, 3.8) is 0 Å². The number of nitrogens with zero attached hydrogens (tertiary/aromatic N) is 1. The average Bonchev–Trinajstić information content (AvgIpc) is 2.97. The Morgan fingerprint density at radius 2 is 1.53 bits per heavy atom. The molecule has 0 unspecified atom stereocenters. The van der Waals surface area contributed by atoms with Gasteiger partial charge in [-0.3, -0.25) is 9.69 Å². The highest BCUT2D eigenvalue weighted by Crippen LogP contribution is 2.39. The minimum Gasteiger partial charge on any atom is -0.486 e. The molecule has 8 nitrogen and oxygen atoms in total. The van der Waals surface area contributed by atoms with E-state index in [9.17, 15) is 9.59 Å². The Hall–Kier alpha value is -2.94. The van der Waals surface area contributed by atoms with E-state index in [1.165, 1.54) is 4.90 Å². The van der Waals surface area contributed by atoms with Crippen molar-refractivity contribution >= 4 is 27.9 Å². The number of halogens is 1. The van der Waals surface area contributed by atoms with Crippen LogP contribution in [0.25, 0.3) is 0 Å². The summed E-state index contributed by atoms with van der Waals surface area (Å²) >= 11 is 3.50. The molecule has 1 fully saturated rings. The first kappa shape index (κ1) is 19.0. The number of nitrogens with one attached hydrogen (secondary N) is 1. The van der Waals surface area contributed by atoms with Crippen LogP contribution in [0.1, 0.15) is 18.1 Å². The second-order valence-electron chi connectivity index (χ2n) is 7.39. The van der Waals surface area contributed by atoms with E-state index in [1.807, 2.05) is 0 Å². The second-order valence-corrected chi connectivity index (χ2v) is 8.25. The predicted molar refractivity (Wildman–Crippen MR) is 109 cm³/mol. The predicted octanol–water partition coefficient (Wildman–Crippen LogP) is 2.96. The Morgan fingerprint density at radius 1 is 0.933 bits per heavy atom. The zero-order valence-corrected chi connectivity index (χ0v) is 17.8. The number of carbonyl (C=O) groups is 2. The van der Waals surface area contributed by atoms with Gasteiger partial charge in [0.05, 0.1) is 6.54 Å². The summed E-state index contributed by atoms with van der Waals surface area (Å²) < 4.78 is 23.1. The van der Waals surface area contributed by atoms with Crippen LogP contribution in [-0.2, 0) is 16.9 Å². The highest BCUT2D eigenvalue weighted by molar-refractivity contribution is 9.10. The van der Waals surface area contributed by atoms with Crippen LogP contribution < -0.4 is 24.3 Å². The van der Waals surface area contributed by atoms with Gasteiger partial charge in [0.1, 0.15) is 32.0 Å². The first-order chi connectivity index (χ1) is 14.5. The molecule has 156 valence electrons. The van der Waals surface area contributed by atoms with Gasteiger partial charge in [-0.15, -0.1) is 0 Å². The van der Waals surface area contributed by atoms with Crippen LogP contribution in [0.3, 0.4) is 0 Å². The average molecular weight is 475 g/mol. The van der Waals surface area contributed by atoms with Gasteiger partial charge in [0.25, 0.3) is 5.91 Å². The zero-order chi connectivity index (χ0) is 20.9. The Labute approximate surface area is 181 Å². The molecular weight excluding hydrogens is 456 g/mol. The number of urea groups is 1. The van der Waals surface area contributed by atoms with Crippen molar-refractivity contribution in [3.8, 4) is 23.0 Å². The van der Waals surface area contributed by atoms with Crippen molar-refractivity contribution in [1.82, 2.24) is 10.2 Å². The van der Waals surface area contributed by atoms with Gasteiger partial charge in [0.15, 0.2) is 23.0 Å². The third-order valence-corrected chi connectivity index (χ3v) is 6.17. The molecule has 5 rings (SSSR count). The van der Waals surface area contributed by atoms with Gasteiger partial charge in [-0.05, 0) is 42.3 Å². The van der Waals surface area contributed by atoms with E-state index in [0.717, 1.165) is 10.0 Å². The van der Waals surface area contributed by atoms with Crippen molar-refractivity contribution in [1.29, 1.82) is 0 Å². The molecule has 0 spiro atoms. The van der Waals surface area contributed by atoms with E-state index in [1.54, 1.807) is 37.3 Å². The lowest BCUT2D eigenvalue weighted by Gasteiger charge is -2.25. The molecule has 0 aliphatic carbocycles. The molecule has 3 aliphatic rings. The van der Waals surface area contributed by atoms with Crippen molar-refractivity contribution in [2.75, 3.05) is 26.4 Å². The highest BCUT2D eigenvalue weighted by atomic mass is 79.9. The van der Waals surface area contributed by atoms with E-state index in [0.29, 0.717) is 55.0 Å². The first-order valence-electron chi connectivity index (χ1n) is 9.58. The van der Waals surface area contributed by atoms with Crippen LogP contribution in [0.15, 0.2) is 34.8 Å². The van der Waals surface area contributed by atoms with E-state index in [4.69, 9.17) is 18.9 Å². The molecule has 1 saturated heterocycles. The quantitative estimate of drug-likeness (QED) is 0.688. The van der Waals surface area contributed by atoms with Crippen molar-refractivity contribution < 1.29 is 28.5 Å². The minimum absolute atomic E-state index is 0.0992. The molecule has 0 bridgehead atoms.